The van der Waals surface area contributed by atoms with Gasteiger partial charge in [0.15, 0.2) is 11.6 Å². The number of carbonyl (C=O) groups excluding carboxylic acids is 1. The highest BCUT2D eigenvalue weighted by Crippen LogP contribution is 2.17. The van der Waals surface area contributed by atoms with Crippen molar-refractivity contribution in [1.29, 1.82) is 0 Å². The van der Waals surface area contributed by atoms with Crippen LogP contribution < -0.4 is 15.8 Å². The summed E-state index contributed by atoms with van der Waals surface area (Å²) in [6.45, 7) is 1.37. The Bertz CT molecular complexity index is 397. The highest BCUT2D eigenvalue weighted by Gasteiger charge is 2.02. The molecule has 5 heteroatoms. The predicted octanol–water partition coefficient (Wildman–Crippen LogP) is 1.58. The Hall–Kier alpha value is -1.62. The highest BCUT2D eigenvalue weighted by molar-refractivity contribution is 5.73. The van der Waals surface area contributed by atoms with Crippen LogP contribution in [-0.4, -0.2) is 19.6 Å². The quantitative estimate of drug-likeness (QED) is 0.692. The summed E-state index contributed by atoms with van der Waals surface area (Å²) in [6.07, 6.45) is 2.07. The number of unbranched alkanes of at least 4 members (excludes halogenated alkanes) is 1. The molecular formula is C13H19FN2O2. The molecule has 0 saturated carbocycles. The Balaban J connectivity index is 2.23. The fourth-order valence-electron chi connectivity index (χ4n) is 1.60. The zero-order valence-electron chi connectivity index (χ0n) is 10.5. The van der Waals surface area contributed by atoms with E-state index in [0.717, 1.165) is 24.9 Å². The number of hydrogen-bond acceptors (Lipinski definition) is 3. The van der Waals surface area contributed by atoms with E-state index < -0.39 is 0 Å². The Kier molecular flexibility index (Phi) is 6.14. The minimum Gasteiger partial charge on any atom is -0.494 e. The van der Waals surface area contributed by atoms with E-state index in [1.54, 1.807) is 6.07 Å². The average Bonchev–Trinajstić information content (AvgIpc) is 2.33. The maximum atomic E-state index is 13.4. The van der Waals surface area contributed by atoms with Crippen LogP contribution in [0.1, 0.15) is 24.8 Å². The van der Waals surface area contributed by atoms with E-state index in [2.05, 4.69) is 5.32 Å². The van der Waals surface area contributed by atoms with Gasteiger partial charge in [-0.15, -0.1) is 0 Å². The van der Waals surface area contributed by atoms with E-state index in [4.69, 9.17) is 10.5 Å². The van der Waals surface area contributed by atoms with Gasteiger partial charge in [0.1, 0.15) is 0 Å². The molecular weight excluding hydrogens is 235 g/mol. The van der Waals surface area contributed by atoms with Gasteiger partial charge in [-0.3, -0.25) is 4.79 Å². The van der Waals surface area contributed by atoms with Gasteiger partial charge in [0.2, 0.25) is 5.91 Å². The molecule has 0 fully saturated rings. The molecule has 0 aromatic heterocycles. The van der Waals surface area contributed by atoms with Crippen LogP contribution in [0.4, 0.5) is 4.39 Å². The number of hydrogen-bond donors (Lipinski definition) is 2. The zero-order valence-corrected chi connectivity index (χ0v) is 10.5. The molecule has 1 rings (SSSR count). The van der Waals surface area contributed by atoms with Crippen molar-refractivity contribution in [2.45, 2.75) is 25.8 Å². The molecule has 0 radical (unpaired) electrons. The maximum Gasteiger partial charge on any atom is 0.217 e. The van der Waals surface area contributed by atoms with Gasteiger partial charge < -0.3 is 15.8 Å². The molecule has 0 aliphatic carbocycles. The second-order valence-corrected chi connectivity index (χ2v) is 4.07. The fraction of sp³-hybridized carbons (Fsp3) is 0.462. The Morgan fingerprint density at radius 3 is 2.83 bits per heavy atom. The SMILES string of the molecule is COc1ccc(CNCCCCC(N)=O)cc1F. The van der Waals surface area contributed by atoms with E-state index in [1.807, 2.05) is 6.07 Å². The standard InChI is InChI=1S/C13H19FN2O2/c1-18-12-6-5-10(8-11(12)14)9-16-7-3-2-4-13(15)17/h5-6,8,16H,2-4,7,9H2,1H3,(H2,15,17). The first-order valence-electron chi connectivity index (χ1n) is 5.95. The molecule has 0 atom stereocenters. The van der Waals surface area contributed by atoms with Gasteiger partial charge in [0, 0.05) is 13.0 Å². The lowest BCUT2D eigenvalue weighted by molar-refractivity contribution is -0.118. The third-order valence-corrected chi connectivity index (χ3v) is 2.57. The lowest BCUT2D eigenvalue weighted by Gasteiger charge is -2.06. The number of rotatable bonds is 8. The first-order valence-corrected chi connectivity index (χ1v) is 5.95. The van der Waals surface area contributed by atoms with Crippen molar-refractivity contribution < 1.29 is 13.9 Å². The molecule has 0 unspecified atom stereocenters. The van der Waals surface area contributed by atoms with Crippen LogP contribution in [0.5, 0.6) is 5.75 Å². The number of carbonyl (C=O) groups is 1. The van der Waals surface area contributed by atoms with Crippen LogP contribution in [0.25, 0.3) is 0 Å². The summed E-state index contributed by atoms with van der Waals surface area (Å²) in [4.78, 5) is 10.5. The summed E-state index contributed by atoms with van der Waals surface area (Å²) in [7, 11) is 1.44. The number of amides is 1. The van der Waals surface area contributed by atoms with E-state index in [1.165, 1.54) is 13.2 Å². The van der Waals surface area contributed by atoms with Gasteiger partial charge >= 0.3 is 0 Å². The fourth-order valence-corrected chi connectivity index (χ4v) is 1.60. The summed E-state index contributed by atoms with van der Waals surface area (Å²) in [5.41, 5.74) is 5.89. The number of primary amides is 1. The van der Waals surface area contributed by atoms with Gasteiger partial charge in [0.05, 0.1) is 7.11 Å². The number of nitrogens with two attached hydrogens (primary N) is 1. The normalized spacial score (nSPS) is 10.3. The second kappa shape index (κ2) is 7.66. The van der Waals surface area contributed by atoms with Crippen molar-refractivity contribution in [3.8, 4) is 5.75 Å². The van der Waals surface area contributed by atoms with Gasteiger partial charge in [-0.1, -0.05) is 6.07 Å². The van der Waals surface area contributed by atoms with Crippen molar-refractivity contribution in [1.82, 2.24) is 5.32 Å². The molecule has 4 nitrogen and oxygen atoms in total. The van der Waals surface area contributed by atoms with Crippen LogP contribution in [0.3, 0.4) is 0 Å². The zero-order chi connectivity index (χ0) is 13.4. The van der Waals surface area contributed by atoms with Gasteiger partial charge in [-0.05, 0) is 37.1 Å². The molecule has 3 N–H and O–H groups in total. The molecule has 18 heavy (non-hydrogen) atoms. The smallest absolute Gasteiger partial charge is 0.217 e. The Morgan fingerprint density at radius 1 is 1.44 bits per heavy atom. The average molecular weight is 254 g/mol. The first kappa shape index (κ1) is 14.4. The summed E-state index contributed by atoms with van der Waals surface area (Å²) in [5, 5.41) is 3.18. The van der Waals surface area contributed by atoms with Gasteiger partial charge in [-0.2, -0.15) is 0 Å². The van der Waals surface area contributed by atoms with E-state index in [9.17, 15) is 9.18 Å². The Morgan fingerprint density at radius 2 is 2.22 bits per heavy atom. The topological polar surface area (TPSA) is 64.3 Å². The van der Waals surface area contributed by atoms with Crippen molar-refractivity contribution in [2.75, 3.05) is 13.7 Å². The molecule has 0 heterocycles. The van der Waals surface area contributed by atoms with Crippen LogP contribution in [-0.2, 0) is 11.3 Å². The number of halogens is 1. The van der Waals surface area contributed by atoms with Crippen molar-refractivity contribution in [3.05, 3.63) is 29.6 Å². The van der Waals surface area contributed by atoms with Gasteiger partial charge in [0.25, 0.3) is 0 Å². The molecule has 0 bridgehead atoms. The minimum absolute atomic E-state index is 0.250. The maximum absolute atomic E-state index is 13.4. The molecule has 0 aliphatic heterocycles. The first-order chi connectivity index (χ1) is 8.63. The van der Waals surface area contributed by atoms with Crippen LogP contribution in [0.2, 0.25) is 0 Å². The minimum atomic E-state index is -0.356. The third kappa shape index (κ3) is 5.14. The number of nitrogens with one attached hydrogen (secondary N) is 1. The van der Waals surface area contributed by atoms with Crippen LogP contribution in [0.15, 0.2) is 18.2 Å². The van der Waals surface area contributed by atoms with E-state index >= 15 is 0 Å². The summed E-state index contributed by atoms with van der Waals surface area (Å²) in [5.74, 6) is -0.377. The van der Waals surface area contributed by atoms with Crippen LogP contribution in [0, 0.1) is 5.82 Å². The van der Waals surface area contributed by atoms with Crippen molar-refractivity contribution >= 4 is 5.91 Å². The monoisotopic (exact) mass is 254 g/mol. The summed E-state index contributed by atoms with van der Waals surface area (Å²) >= 11 is 0. The lowest BCUT2D eigenvalue weighted by Crippen LogP contribution is -2.16. The predicted molar refractivity (Wildman–Crippen MR) is 67.7 cm³/mol. The molecule has 1 amide bonds. The van der Waals surface area contributed by atoms with E-state index in [-0.39, 0.29) is 17.5 Å². The van der Waals surface area contributed by atoms with Crippen LogP contribution >= 0.6 is 0 Å². The third-order valence-electron chi connectivity index (χ3n) is 2.57. The molecule has 0 aliphatic rings. The summed E-state index contributed by atoms with van der Waals surface area (Å²) in [6, 6.07) is 4.88. The van der Waals surface area contributed by atoms with Crippen molar-refractivity contribution in [2.24, 2.45) is 5.73 Å². The lowest BCUT2D eigenvalue weighted by atomic mass is 10.2. The highest BCUT2D eigenvalue weighted by atomic mass is 19.1. The number of benzene rings is 1. The number of methoxy groups -OCH3 is 1. The Labute approximate surface area is 106 Å². The van der Waals surface area contributed by atoms with Crippen molar-refractivity contribution in [3.63, 3.8) is 0 Å². The largest absolute Gasteiger partial charge is 0.494 e. The number of ether oxygens (including phenoxy) is 1. The second-order valence-electron chi connectivity index (χ2n) is 4.07. The molecule has 100 valence electrons. The molecule has 1 aromatic rings. The summed E-state index contributed by atoms with van der Waals surface area (Å²) < 4.78 is 18.2. The van der Waals surface area contributed by atoms with E-state index in [0.29, 0.717) is 13.0 Å². The molecule has 1 aromatic carbocycles. The van der Waals surface area contributed by atoms with Gasteiger partial charge in [-0.25, -0.2) is 4.39 Å². The molecule has 0 saturated heterocycles. The molecule has 0 spiro atoms.